The van der Waals surface area contributed by atoms with Gasteiger partial charge in [-0.1, -0.05) is 6.92 Å². The zero-order valence-electron chi connectivity index (χ0n) is 11.3. The van der Waals surface area contributed by atoms with Gasteiger partial charge >= 0.3 is 5.97 Å². The van der Waals surface area contributed by atoms with E-state index in [1.807, 2.05) is 4.72 Å². The molecule has 0 amide bonds. The number of nitro groups is 1. The van der Waals surface area contributed by atoms with Gasteiger partial charge in [0.1, 0.15) is 16.7 Å². The second kappa shape index (κ2) is 6.50. The fourth-order valence-electron chi connectivity index (χ4n) is 1.55. The first-order valence-corrected chi connectivity index (χ1v) is 7.28. The molecule has 116 valence electrons. The van der Waals surface area contributed by atoms with E-state index < -0.39 is 27.0 Å². The molecule has 0 spiro atoms. The molecule has 0 aliphatic carbocycles. The van der Waals surface area contributed by atoms with E-state index in [-0.39, 0.29) is 22.8 Å². The minimum absolute atomic E-state index is 0.0455. The molecule has 1 aromatic rings. The summed E-state index contributed by atoms with van der Waals surface area (Å²) in [4.78, 5) is 20.5. The minimum atomic E-state index is -4.18. The maximum atomic E-state index is 12.1. The van der Waals surface area contributed by atoms with Crippen LogP contribution >= 0.6 is 0 Å². The Balaban J connectivity index is 3.25. The van der Waals surface area contributed by atoms with E-state index in [2.05, 4.69) is 0 Å². The number of hydrogen-bond acceptors (Lipinski definition) is 6. The fraction of sp³-hybridized carbons (Fsp3) is 0.364. The van der Waals surface area contributed by atoms with Crippen molar-refractivity contribution >= 4 is 21.7 Å². The first-order chi connectivity index (χ1) is 9.72. The number of aliphatic carboxylic acids is 1. The van der Waals surface area contributed by atoms with Crippen LogP contribution in [0.2, 0.25) is 0 Å². The van der Waals surface area contributed by atoms with Crippen LogP contribution in [-0.2, 0) is 14.8 Å². The van der Waals surface area contributed by atoms with E-state index in [4.69, 9.17) is 9.84 Å². The predicted molar refractivity (Wildman–Crippen MR) is 71.7 cm³/mol. The number of methoxy groups -OCH3 is 1. The molecule has 1 aromatic carbocycles. The van der Waals surface area contributed by atoms with Gasteiger partial charge in [-0.2, -0.15) is 4.72 Å². The number of nitrogens with zero attached hydrogens (tertiary/aromatic N) is 1. The molecule has 0 saturated carbocycles. The molecule has 1 rings (SSSR count). The Bertz CT molecular complexity index is 657. The Hall–Kier alpha value is -2.20. The highest BCUT2D eigenvalue weighted by Gasteiger charge is 2.27. The number of carbonyl (C=O) groups is 1. The van der Waals surface area contributed by atoms with Crippen molar-refractivity contribution in [2.24, 2.45) is 0 Å². The number of rotatable bonds is 7. The smallest absolute Gasteiger partial charge is 0.321 e. The minimum Gasteiger partial charge on any atom is -0.495 e. The summed E-state index contributed by atoms with van der Waals surface area (Å²) < 4.78 is 31.1. The van der Waals surface area contributed by atoms with Crippen molar-refractivity contribution in [1.29, 1.82) is 0 Å². The molecule has 1 atom stereocenters. The molecule has 0 heterocycles. The number of ether oxygens (including phenoxy) is 1. The number of nitrogens with one attached hydrogen (secondary N) is 1. The average Bonchev–Trinajstić information content (AvgIpc) is 2.43. The zero-order chi connectivity index (χ0) is 16.2. The van der Waals surface area contributed by atoms with Crippen LogP contribution in [0, 0.1) is 10.1 Å². The Morgan fingerprint density at radius 3 is 2.57 bits per heavy atom. The second-order valence-electron chi connectivity index (χ2n) is 4.01. The molecule has 21 heavy (non-hydrogen) atoms. The fourth-order valence-corrected chi connectivity index (χ4v) is 2.97. The number of benzene rings is 1. The van der Waals surface area contributed by atoms with Gasteiger partial charge in [0, 0.05) is 6.07 Å². The van der Waals surface area contributed by atoms with E-state index >= 15 is 0 Å². The van der Waals surface area contributed by atoms with E-state index in [1.165, 1.54) is 6.92 Å². The summed E-state index contributed by atoms with van der Waals surface area (Å²) in [6.45, 7) is 1.51. The number of carboxylic acid groups (broad SMARTS) is 1. The molecular weight excluding hydrogens is 304 g/mol. The Morgan fingerprint density at radius 1 is 1.52 bits per heavy atom. The van der Waals surface area contributed by atoms with Gasteiger partial charge in [-0.3, -0.25) is 14.9 Å². The third-order valence-corrected chi connectivity index (χ3v) is 4.16. The maximum absolute atomic E-state index is 12.1. The summed E-state index contributed by atoms with van der Waals surface area (Å²) in [6, 6.07) is 1.65. The zero-order valence-corrected chi connectivity index (χ0v) is 12.1. The topological polar surface area (TPSA) is 136 Å². The van der Waals surface area contributed by atoms with Crippen molar-refractivity contribution in [1.82, 2.24) is 4.72 Å². The molecule has 2 N–H and O–H groups in total. The molecule has 0 aliphatic rings. The van der Waals surface area contributed by atoms with Gasteiger partial charge in [-0.05, 0) is 12.5 Å². The Labute approximate surface area is 120 Å². The molecule has 0 fully saturated rings. The van der Waals surface area contributed by atoms with Crippen LogP contribution in [0.3, 0.4) is 0 Å². The summed E-state index contributed by atoms with van der Waals surface area (Å²) in [5, 5.41) is 19.5. The lowest BCUT2D eigenvalue weighted by Gasteiger charge is -2.14. The third-order valence-electron chi connectivity index (χ3n) is 2.65. The van der Waals surface area contributed by atoms with Gasteiger partial charge in [-0.15, -0.1) is 0 Å². The number of carboxylic acids is 1. The molecule has 0 saturated heterocycles. The van der Waals surface area contributed by atoms with Crippen LogP contribution in [0.25, 0.3) is 0 Å². The summed E-state index contributed by atoms with van der Waals surface area (Å²) in [7, 11) is -3.02. The summed E-state index contributed by atoms with van der Waals surface area (Å²) >= 11 is 0. The maximum Gasteiger partial charge on any atom is 0.321 e. The lowest BCUT2D eigenvalue weighted by Crippen LogP contribution is -2.40. The number of nitro benzene ring substituents is 1. The van der Waals surface area contributed by atoms with E-state index in [0.29, 0.717) is 0 Å². The van der Waals surface area contributed by atoms with Crippen LogP contribution in [-0.4, -0.2) is 37.6 Å². The molecule has 0 unspecified atom stereocenters. The van der Waals surface area contributed by atoms with Crippen molar-refractivity contribution in [3.05, 3.63) is 28.3 Å². The van der Waals surface area contributed by atoms with Gasteiger partial charge in [0.25, 0.3) is 5.69 Å². The standard InChI is InChI=1S/C11H14N2O7S/c1-3-8(11(14)15)12-21(18,19)10-5-4-7(13(16)17)6-9(10)20-2/h4-6,8,12H,3H2,1-2H3,(H,14,15)/t8-/m1/s1. The first-order valence-electron chi connectivity index (χ1n) is 5.80. The van der Waals surface area contributed by atoms with Crippen LogP contribution < -0.4 is 9.46 Å². The van der Waals surface area contributed by atoms with Crippen molar-refractivity contribution in [3.63, 3.8) is 0 Å². The van der Waals surface area contributed by atoms with Gasteiger partial charge in [0.2, 0.25) is 10.0 Å². The second-order valence-corrected chi connectivity index (χ2v) is 5.70. The molecule has 0 aliphatic heterocycles. The van der Waals surface area contributed by atoms with E-state index in [9.17, 15) is 23.3 Å². The number of sulfonamides is 1. The summed E-state index contributed by atoms with van der Waals surface area (Å²) in [5.74, 6) is -1.56. The SMILES string of the molecule is CC[C@@H](NS(=O)(=O)c1ccc([N+](=O)[O-])cc1OC)C(=O)O. The molecule has 10 heteroatoms. The number of non-ortho nitro benzene ring substituents is 1. The van der Waals surface area contributed by atoms with E-state index in [0.717, 1.165) is 25.3 Å². The van der Waals surface area contributed by atoms with Crippen LogP contribution in [0.1, 0.15) is 13.3 Å². The average molecular weight is 318 g/mol. The normalized spacial score (nSPS) is 12.7. The Kier molecular flexibility index (Phi) is 5.22. The first kappa shape index (κ1) is 16.9. The van der Waals surface area contributed by atoms with Gasteiger partial charge < -0.3 is 9.84 Å². The van der Waals surface area contributed by atoms with Crippen molar-refractivity contribution < 1.29 is 28.0 Å². The van der Waals surface area contributed by atoms with Gasteiger partial charge in [0.05, 0.1) is 18.1 Å². The molecule has 9 nitrogen and oxygen atoms in total. The van der Waals surface area contributed by atoms with Crippen molar-refractivity contribution in [2.75, 3.05) is 7.11 Å². The summed E-state index contributed by atoms with van der Waals surface area (Å²) in [6.07, 6.45) is 0.0455. The molecule has 0 radical (unpaired) electrons. The van der Waals surface area contributed by atoms with Crippen molar-refractivity contribution in [3.8, 4) is 5.75 Å². The van der Waals surface area contributed by atoms with E-state index in [1.54, 1.807) is 0 Å². The molecule has 0 bridgehead atoms. The van der Waals surface area contributed by atoms with Crippen LogP contribution in [0.5, 0.6) is 5.75 Å². The van der Waals surface area contributed by atoms with Gasteiger partial charge in [0.15, 0.2) is 0 Å². The van der Waals surface area contributed by atoms with Crippen LogP contribution in [0.15, 0.2) is 23.1 Å². The largest absolute Gasteiger partial charge is 0.495 e. The highest BCUT2D eigenvalue weighted by molar-refractivity contribution is 7.89. The Morgan fingerprint density at radius 2 is 2.14 bits per heavy atom. The molecular formula is C11H14N2O7S. The monoisotopic (exact) mass is 318 g/mol. The molecule has 0 aromatic heterocycles. The number of hydrogen-bond donors (Lipinski definition) is 2. The van der Waals surface area contributed by atoms with Crippen LogP contribution in [0.4, 0.5) is 5.69 Å². The highest BCUT2D eigenvalue weighted by Crippen LogP contribution is 2.28. The van der Waals surface area contributed by atoms with Gasteiger partial charge in [-0.25, -0.2) is 8.42 Å². The van der Waals surface area contributed by atoms with Crippen molar-refractivity contribution in [2.45, 2.75) is 24.3 Å². The highest BCUT2D eigenvalue weighted by atomic mass is 32.2. The predicted octanol–water partition coefficient (Wildman–Crippen LogP) is 0.745. The lowest BCUT2D eigenvalue weighted by atomic mass is 10.2. The third kappa shape index (κ3) is 3.89. The summed E-state index contributed by atoms with van der Waals surface area (Å²) in [5.41, 5.74) is -0.337. The quantitative estimate of drug-likeness (QED) is 0.559. The lowest BCUT2D eigenvalue weighted by molar-refractivity contribution is -0.385.